The summed E-state index contributed by atoms with van der Waals surface area (Å²) in [5, 5.41) is 6.49. The lowest BCUT2D eigenvalue weighted by Gasteiger charge is -2.30. The molecule has 164 valence electrons. The SMILES string of the molecule is O=C(/C=C/c1ccc(-c2ccccc2)o1)NC(=S)Nc1cc(Cl)ccc1N1CCOCC1. The van der Waals surface area contributed by atoms with Gasteiger partial charge in [-0.1, -0.05) is 41.9 Å². The number of nitrogens with one attached hydrogen (secondary N) is 2. The Morgan fingerprint density at radius 3 is 2.62 bits per heavy atom. The molecule has 2 N–H and O–H groups in total. The summed E-state index contributed by atoms with van der Waals surface area (Å²) in [6.45, 7) is 2.86. The molecule has 0 aliphatic carbocycles. The normalized spacial score (nSPS) is 13.8. The van der Waals surface area contributed by atoms with Gasteiger partial charge in [0.2, 0.25) is 5.91 Å². The van der Waals surface area contributed by atoms with Gasteiger partial charge < -0.3 is 19.4 Å². The van der Waals surface area contributed by atoms with Gasteiger partial charge in [-0.05, 0) is 48.6 Å². The van der Waals surface area contributed by atoms with E-state index in [1.54, 1.807) is 12.1 Å². The number of furan rings is 1. The second-order valence-corrected chi connectivity index (χ2v) is 7.95. The van der Waals surface area contributed by atoms with Crippen LogP contribution in [-0.4, -0.2) is 37.3 Å². The van der Waals surface area contributed by atoms with Gasteiger partial charge in [0.05, 0.1) is 24.6 Å². The summed E-state index contributed by atoms with van der Waals surface area (Å²) in [4.78, 5) is 14.5. The van der Waals surface area contributed by atoms with Gasteiger partial charge in [-0.2, -0.15) is 0 Å². The molecule has 2 heterocycles. The van der Waals surface area contributed by atoms with Gasteiger partial charge in [0.1, 0.15) is 11.5 Å². The average molecular weight is 468 g/mol. The Morgan fingerprint density at radius 1 is 1.06 bits per heavy atom. The molecule has 0 bridgehead atoms. The predicted molar refractivity (Wildman–Crippen MR) is 132 cm³/mol. The van der Waals surface area contributed by atoms with Gasteiger partial charge in [-0.25, -0.2) is 0 Å². The van der Waals surface area contributed by atoms with Crippen molar-refractivity contribution in [3.05, 3.63) is 77.5 Å². The van der Waals surface area contributed by atoms with Crippen molar-refractivity contribution < 1.29 is 13.9 Å². The van der Waals surface area contributed by atoms with E-state index in [1.807, 2.05) is 54.6 Å². The summed E-state index contributed by atoms with van der Waals surface area (Å²) in [7, 11) is 0. The fourth-order valence-corrected chi connectivity index (χ4v) is 3.74. The number of carbonyl (C=O) groups excluding carboxylic acids is 1. The van der Waals surface area contributed by atoms with E-state index in [0.717, 1.165) is 35.8 Å². The van der Waals surface area contributed by atoms with Gasteiger partial charge in [0.25, 0.3) is 0 Å². The monoisotopic (exact) mass is 467 g/mol. The van der Waals surface area contributed by atoms with Crippen molar-refractivity contribution in [1.82, 2.24) is 5.32 Å². The highest BCUT2D eigenvalue weighted by molar-refractivity contribution is 7.80. The van der Waals surface area contributed by atoms with Gasteiger partial charge in [-0.15, -0.1) is 0 Å². The van der Waals surface area contributed by atoms with Crippen LogP contribution in [-0.2, 0) is 9.53 Å². The number of morpholine rings is 1. The molecule has 1 aliphatic heterocycles. The van der Waals surface area contributed by atoms with Crippen LogP contribution in [0.25, 0.3) is 17.4 Å². The first kappa shape index (κ1) is 22.1. The van der Waals surface area contributed by atoms with Crippen molar-refractivity contribution in [2.45, 2.75) is 0 Å². The van der Waals surface area contributed by atoms with Crippen LogP contribution in [0.15, 0.2) is 71.2 Å². The van der Waals surface area contributed by atoms with Crippen molar-refractivity contribution in [2.75, 3.05) is 36.5 Å². The second kappa shape index (κ2) is 10.5. The minimum absolute atomic E-state index is 0.181. The molecular weight excluding hydrogens is 446 g/mol. The smallest absolute Gasteiger partial charge is 0.250 e. The zero-order chi connectivity index (χ0) is 22.3. The fourth-order valence-electron chi connectivity index (χ4n) is 3.35. The maximum atomic E-state index is 12.3. The third-order valence-electron chi connectivity index (χ3n) is 4.88. The summed E-state index contributed by atoms with van der Waals surface area (Å²) in [5.41, 5.74) is 2.65. The van der Waals surface area contributed by atoms with Crippen molar-refractivity contribution in [2.24, 2.45) is 0 Å². The summed E-state index contributed by atoms with van der Waals surface area (Å²) in [6.07, 6.45) is 2.98. The molecule has 1 amide bonds. The lowest BCUT2D eigenvalue weighted by molar-refractivity contribution is -0.115. The number of ether oxygens (including phenoxy) is 1. The average Bonchev–Trinajstić information content (AvgIpc) is 3.28. The van der Waals surface area contributed by atoms with Gasteiger partial charge in [-0.3, -0.25) is 10.1 Å². The molecule has 6 nitrogen and oxygen atoms in total. The first-order valence-electron chi connectivity index (χ1n) is 10.2. The quantitative estimate of drug-likeness (QED) is 0.408. The number of halogens is 1. The maximum absolute atomic E-state index is 12.3. The topological polar surface area (TPSA) is 66.7 Å². The highest BCUT2D eigenvalue weighted by atomic mass is 35.5. The highest BCUT2D eigenvalue weighted by Gasteiger charge is 2.16. The number of nitrogens with zero attached hydrogens (tertiary/aromatic N) is 1. The number of benzene rings is 2. The molecule has 1 fully saturated rings. The van der Waals surface area contributed by atoms with Crippen LogP contribution in [0.2, 0.25) is 5.02 Å². The molecule has 0 atom stereocenters. The second-order valence-electron chi connectivity index (χ2n) is 7.11. The van der Waals surface area contributed by atoms with Crippen LogP contribution in [0.4, 0.5) is 11.4 Å². The fraction of sp³-hybridized carbons (Fsp3) is 0.167. The zero-order valence-electron chi connectivity index (χ0n) is 17.2. The standard InChI is InChI=1S/C24H22ClN3O3S/c25-18-6-9-21(28-12-14-30-15-13-28)20(16-18)26-24(32)27-23(29)11-8-19-7-10-22(31-19)17-4-2-1-3-5-17/h1-11,16H,12-15H2,(H2,26,27,29,32)/b11-8+. The van der Waals surface area contributed by atoms with E-state index in [1.165, 1.54) is 6.08 Å². The number of rotatable bonds is 5. The van der Waals surface area contributed by atoms with Gasteiger partial charge >= 0.3 is 0 Å². The number of hydrogen-bond donors (Lipinski definition) is 2. The van der Waals surface area contributed by atoms with E-state index >= 15 is 0 Å². The molecule has 0 saturated carbocycles. The Hall–Kier alpha value is -3.13. The van der Waals surface area contributed by atoms with Crippen molar-refractivity contribution in [3.63, 3.8) is 0 Å². The van der Waals surface area contributed by atoms with E-state index in [0.29, 0.717) is 24.0 Å². The Bertz CT molecular complexity index is 1120. The predicted octanol–water partition coefficient (Wildman–Crippen LogP) is 4.96. The third-order valence-corrected chi connectivity index (χ3v) is 5.32. The van der Waals surface area contributed by atoms with Crippen molar-refractivity contribution in [3.8, 4) is 11.3 Å². The number of carbonyl (C=O) groups is 1. The molecular formula is C24H22ClN3O3S. The molecule has 0 unspecified atom stereocenters. The van der Waals surface area contributed by atoms with Crippen LogP contribution >= 0.6 is 23.8 Å². The van der Waals surface area contributed by atoms with E-state index in [9.17, 15) is 4.79 Å². The molecule has 8 heteroatoms. The summed E-state index contributed by atoms with van der Waals surface area (Å²) in [5.74, 6) is 0.942. The zero-order valence-corrected chi connectivity index (χ0v) is 18.8. The summed E-state index contributed by atoms with van der Waals surface area (Å²) in [6, 6.07) is 19.0. The Morgan fingerprint density at radius 2 is 1.84 bits per heavy atom. The molecule has 0 spiro atoms. The molecule has 1 aromatic heterocycles. The van der Waals surface area contributed by atoms with Crippen LogP contribution in [0.3, 0.4) is 0 Å². The summed E-state index contributed by atoms with van der Waals surface area (Å²) < 4.78 is 11.2. The molecule has 1 aliphatic rings. The molecule has 1 saturated heterocycles. The largest absolute Gasteiger partial charge is 0.457 e. The van der Waals surface area contributed by atoms with E-state index in [-0.39, 0.29) is 11.0 Å². The van der Waals surface area contributed by atoms with E-state index in [2.05, 4.69) is 15.5 Å². The molecule has 2 aromatic carbocycles. The molecule has 32 heavy (non-hydrogen) atoms. The lowest BCUT2D eigenvalue weighted by Crippen LogP contribution is -2.37. The summed E-state index contributed by atoms with van der Waals surface area (Å²) >= 11 is 11.5. The van der Waals surface area contributed by atoms with Crippen LogP contribution in [0, 0.1) is 0 Å². The van der Waals surface area contributed by atoms with Crippen LogP contribution in [0.5, 0.6) is 0 Å². The first-order chi connectivity index (χ1) is 15.6. The van der Waals surface area contributed by atoms with E-state index < -0.39 is 0 Å². The van der Waals surface area contributed by atoms with E-state index in [4.69, 9.17) is 33.0 Å². The van der Waals surface area contributed by atoms with Crippen LogP contribution in [0.1, 0.15) is 5.76 Å². The maximum Gasteiger partial charge on any atom is 0.250 e. The molecule has 3 aromatic rings. The minimum Gasteiger partial charge on any atom is -0.457 e. The minimum atomic E-state index is -0.366. The first-order valence-corrected chi connectivity index (χ1v) is 10.9. The molecule has 4 rings (SSSR count). The highest BCUT2D eigenvalue weighted by Crippen LogP contribution is 2.30. The number of amides is 1. The lowest BCUT2D eigenvalue weighted by atomic mass is 10.2. The van der Waals surface area contributed by atoms with Crippen molar-refractivity contribution in [1.29, 1.82) is 0 Å². The number of hydrogen-bond acceptors (Lipinski definition) is 5. The Kier molecular flexibility index (Phi) is 7.21. The Labute approximate surface area is 196 Å². The third kappa shape index (κ3) is 5.76. The van der Waals surface area contributed by atoms with Gasteiger partial charge in [0, 0.05) is 29.8 Å². The van der Waals surface area contributed by atoms with Gasteiger partial charge in [0.15, 0.2) is 5.11 Å². The number of anilines is 2. The van der Waals surface area contributed by atoms with Crippen LogP contribution < -0.4 is 15.5 Å². The Balaban J connectivity index is 1.37. The molecule has 0 radical (unpaired) electrons. The number of thiocarbonyl (C=S) groups is 1. The van der Waals surface area contributed by atoms with Crippen molar-refractivity contribution >= 4 is 52.3 Å².